The summed E-state index contributed by atoms with van der Waals surface area (Å²) >= 11 is 1.07. The van der Waals surface area contributed by atoms with Gasteiger partial charge in [0.15, 0.2) is 6.61 Å². The van der Waals surface area contributed by atoms with Gasteiger partial charge in [-0.05, 0) is 67.1 Å². The van der Waals surface area contributed by atoms with E-state index in [4.69, 9.17) is 10.00 Å². The quantitative estimate of drug-likeness (QED) is 0.465. The third kappa shape index (κ3) is 5.50. The molecule has 0 saturated carbocycles. The molecule has 0 unspecified atom stereocenters. The lowest BCUT2D eigenvalue weighted by Gasteiger charge is -2.14. The van der Waals surface area contributed by atoms with E-state index in [-0.39, 0.29) is 6.61 Å². The third-order valence-corrected chi connectivity index (χ3v) is 4.43. The van der Waals surface area contributed by atoms with Gasteiger partial charge in [-0.2, -0.15) is 5.26 Å². The molecule has 0 radical (unpaired) electrons. The number of thioether (sulfide) groups is 1. The highest BCUT2D eigenvalue weighted by atomic mass is 32.2. The Labute approximate surface area is 163 Å². The molecule has 0 atom stereocenters. The number of rotatable bonds is 6. The predicted octanol–water partition coefficient (Wildman–Crippen LogP) is 3.74. The summed E-state index contributed by atoms with van der Waals surface area (Å²) in [5, 5.41) is 13.6. The van der Waals surface area contributed by atoms with E-state index < -0.39 is 11.9 Å². The molecule has 7 heteroatoms. The minimum absolute atomic E-state index is 0.376. The van der Waals surface area contributed by atoms with Crippen LogP contribution in [0.15, 0.2) is 41.3 Å². The molecule has 140 valence electrons. The first-order valence-corrected chi connectivity index (χ1v) is 9.05. The van der Waals surface area contributed by atoms with Crippen molar-refractivity contribution in [2.24, 2.45) is 0 Å². The standard InChI is InChI=1S/C20H21N3O3S/c1-13-8-17(27-12-21)9-14(2)19(13)22-18(24)11-26-20(25)15-6-5-7-16(10-15)23(3)4/h5-10H,11H2,1-4H3,(H,22,24). The van der Waals surface area contributed by atoms with Gasteiger partial charge in [-0.3, -0.25) is 4.79 Å². The van der Waals surface area contributed by atoms with Crippen molar-refractivity contribution in [2.45, 2.75) is 18.7 Å². The van der Waals surface area contributed by atoms with Crippen LogP contribution in [0, 0.1) is 24.5 Å². The molecule has 1 amide bonds. The van der Waals surface area contributed by atoms with Gasteiger partial charge in [0, 0.05) is 30.4 Å². The summed E-state index contributed by atoms with van der Waals surface area (Å²) in [7, 11) is 3.76. The van der Waals surface area contributed by atoms with Gasteiger partial charge in [-0.1, -0.05) is 6.07 Å². The van der Waals surface area contributed by atoms with Crippen molar-refractivity contribution < 1.29 is 14.3 Å². The van der Waals surface area contributed by atoms with E-state index in [1.807, 2.05) is 56.4 Å². The van der Waals surface area contributed by atoms with Gasteiger partial charge in [0.25, 0.3) is 5.91 Å². The number of amides is 1. The highest BCUT2D eigenvalue weighted by Gasteiger charge is 2.13. The zero-order chi connectivity index (χ0) is 20.0. The lowest BCUT2D eigenvalue weighted by atomic mass is 10.1. The molecular formula is C20H21N3O3S. The average Bonchev–Trinajstić information content (AvgIpc) is 2.63. The van der Waals surface area contributed by atoms with Crippen molar-refractivity contribution in [1.29, 1.82) is 5.26 Å². The van der Waals surface area contributed by atoms with Crippen molar-refractivity contribution in [3.63, 3.8) is 0 Å². The zero-order valence-electron chi connectivity index (χ0n) is 15.7. The first kappa shape index (κ1) is 20.3. The third-order valence-electron chi connectivity index (χ3n) is 3.87. The number of aryl methyl sites for hydroxylation is 2. The molecule has 2 rings (SSSR count). The van der Waals surface area contributed by atoms with Gasteiger partial charge >= 0.3 is 5.97 Å². The molecule has 2 aromatic rings. The molecule has 0 saturated heterocycles. The number of nitrogens with zero attached hydrogens (tertiary/aromatic N) is 2. The minimum Gasteiger partial charge on any atom is -0.452 e. The Morgan fingerprint density at radius 3 is 2.44 bits per heavy atom. The fourth-order valence-electron chi connectivity index (χ4n) is 2.53. The van der Waals surface area contributed by atoms with Crippen LogP contribution in [0.2, 0.25) is 0 Å². The Kier molecular flexibility index (Phi) is 6.85. The van der Waals surface area contributed by atoms with Gasteiger partial charge < -0.3 is 15.0 Å². The van der Waals surface area contributed by atoms with Crippen LogP contribution in [-0.4, -0.2) is 32.6 Å². The molecule has 2 aromatic carbocycles. The van der Waals surface area contributed by atoms with Crippen LogP contribution in [0.3, 0.4) is 0 Å². The maximum Gasteiger partial charge on any atom is 0.338 e. The van der Waals surface area contributed by atoms with E-state index in [0.29, 0.717) is 11.3 Å². The van der Waals surface area contributed by atoms with Crippen LogP contribution in [0.4, 0.5) is 11.4 Å². The minimum atomic E-state index is -0.553. The smallest absolute Gasteiger partial charge is 0.338 e. The summed E-state index contributed by atoms with van der Waals surface area (Å²) in [5.74, 6) is -0.970. The molecule has 0 spiro atoms. The van der Waals surface area contributed by atoms with Crippen molar-refractivity contribution in [2.75, 3.05) is 30.9 Å². The van der Waals surface area contributed by atoms with E-state index in [0.717, 1.165) is 33.5 Å². The van der Waals surface area contributed by atoms with Crippen LogP contribution in [0.5, 0.6) is 0 Å². The highest BCUT2D eigenvalue weighted by molar-refractivity contribution is 8.03. The van der Waals surface area contributed by atoms with Crippen molar-refractivity contribution >= 4 is 35.0 Å². The number of ether oxygens (including phenoxy) is 1. The first-order valence-electron chi connectivity index (χ1n) is 8.23. The van der Waals surface area contributed by atoms with E-state index >= 15 is 0 Å². The average molecular weight is 383 g/mol. The highest BCUT2D eigenvalue weighted by Crippen LogP contribution is 2.27. The van der Waals surface area contributed by atoms with Crippen LogP contribution in [0.25, 0.3) is 0 Å². The maximum atomic E-state index is 12.2. The molecule has 0 aliphatic heterocycles. The summed E-state index contributed by atoms with van der Waals surface area (Å²) < 4.78 is 5.12. The molecule has 27 heavy (non-hydrogen) atoms. The van der Waals surface area contributed by atoms with Crippen LogP contribution in [0.1, 0.15) is 21.5 Å². The maximum absolute atomic E-state index is 12.2. The van der Waals surface area contributed by atoms with Crippen LogP contribution >= 0.6 is 11.8 Å². The number of nitrogens with one attached hydrogen (secondary N) is 1. The molecule has 1 N–H and O–H groups in total. The SMILES string of the molecule is Cc1cc(SC#N)cc(C)c1NC(=O)COC(=O)c1cccc(N(C)C)c1. The van der Waals surface area contributed by atoms with E-state index in [1.54, 1.807) is 18.2 Å². The molecule has 0 aromatic heterocycles. The second-order valence-electron chi connectivity index (χ2n) is 6.19. The molecule has 0 aliphatic carbocycles. The molecular weight excluding hydrogens is 362 g/mol. The van der Waals surface area contributed by atoms with Gasteiger partial charge in [0.05, 0.1) is 5.56 Å². The van der Waals surface area contributed by atoms with Gasteiger partial charge in [-0.25, -0.2) is 4.79 Å². The molecule has 6 nitrogen and oxygen atoms in total. The first-order chi connectivity index (χ1) is 12.8. The molecule has 0 aliphatic rings. The fourth-order valence-corrected chi connectivity index (χ4v) is 3.11. The van der Waals surface area contributed by atoms with Crippen molar-refractivity contribution in [1.82, 2.24) is 0 Å². The predicted molar refractivity (Wildman–Crippen MR) is 107 cm³/mol. The normalized spacial score (nSPS) is 10.0. The topological polar surface area (TPSA) is 82.4 Å². The zero-order valence-corrected chi connectivity index (χ0v) is 16.5. The van der Waals surface area contributed by atoms with Gasteiger partial charge in [0.2, 0.25) is 0 Å². The second-order valence-corrected chi connectivity index (χ2v) is 7.05. The summed E-state index contributed by atoms with van der Waals surface area (Å²) in [4.78, 5) is 27.1. The largest absolute Gasteiger partial charge is 0.452 e. The number of benzene rings is 2. The number of hydrogen-bond donors (Lipinski definition) is 1. The number of thiocyanates is 1. The Hall–Kier alpha value is -2.98. The van der Waals surface area contributed by atoms with Gasteiger partial charge in [0.1, 0.15) is 5.40 Å². The number of carbonyl (C=O) groups excluding carboxylic acids is 2. The molecule has 0 bridgehead atoms. The number of anilines is 2. The lowest BCUT2D eigenvalue weighted by molar-refractivity contribution is -0.119. The molecule has 0 heterocycles. The Bertz CT molecular complexity index is 881. The molecule has 0 fully saturated rings. The Morgan fingerprint density at radius 1 is 1.19 bits per heavy atom. The van der Waals surface area contributed by atoms with Crippen LogP contribution in [-0.2, 0) is 9.53 Å². The number of carbonyl (C=O) groups is 2. The van der Waals surface area contributed by atoms with E-state index in [2.05, 4.69) is 5.32 Å². The van der Waals surface area contributed by atoms with Crippen molar-refractivity contribution in [3.8, 4) is 5.40 Å². The van der Waals surface area contributed by atoms with Gasteiger partial charge in [-0.15, -0.1) is 0 Å². The fraction of sp³-hybridized carbons (Fsp3) is 0.250. The number of esters is 1. The summed E-state index contributed by atoms with van der Waals surface area (Å²) in [6.07, 6.45) is 0. The monoisotopic (exact) mass is 383 g/mol. The summed E-state index contributed by atoms with van der Waals surface area (Å²) in [6.45, 7) is 3.32. The summed E-state index contributed by atoms with van der Waals surface area (Å²) in [5.41, 5.74) is 3.60. The Balaban J connectivity index is 2.00. The number of nitriles is 1. The van der Waals surface area contributed by atoms with E-state index in [9.17, 15) is 9.59 Å². The summed E-state index contributed by atoms with van der Waals surface area (Å²) in [6, 6.07) is 10.7. The second kappa shape index (κ2) is 9.10. The number of hydrogen-bond acceptors (Lipinski definition) is 6. The van der Waals surface area contributed by atoms with E-state index in [1.165, 1.54) is 0 Å². The van der Waals surface area contributed by atoms with Crippen molar-refractivity contribution in [3.05, 3.63) is 53.1 Å². The lowest BCUT2D eigenvalue weighted by Crippen LogP contribution is -2.22. The van der Waals surface area contributed by atoms with Crippen LogP contribution < -0.4 is 10.2 Å². The Morgan fingerprint density at radius 2 is 1.85 bits per heavy atom.